The summed E-state index contributed by atoms with van der Waals surface area (Å²) in [7, 11) is 1.75. The molecule has 8 nitrogen and oxygen atoms in total. The van der Waals surface area contributed by atoms with E-state index in [1.54, 1.807) is 18.5 Å². The first kappa shape index (κ1) is 25.0. The maximum Gasteiger partial charge on any atom is 0.341 e. The molecule has 0 unspecified atom stereocenters. The number of halogens is 2. The Bertz CT molecular complexity index is 1180. The van der Waals surface area contributed by atoms with Gasteiger partial charge in [-0.05, 0) is 38.5 Å². The zero-order chi connectivity index (χ0) is 24.1. The zero-order valence-corrected chi connectivity index (χ0v) is 20.8. The van der Waals surface area contributed by atoms with Crippen LogP contribution in [-0.4, -0.2) is 39.0 Å². The first-order chi connectivity index (χ1) is 15.7. The SMILES string of the molecule is CCOC(=O)c1c(NC(=O)CSc2nnc(COc3ccc(F)c(Cl)c3)n2C)sc(C)c1C. The van der Waals surface area contributed by atoms with Crippen LogP contribution in [0.4, 0.5) is 9.39 Å². The van der Waals surface area contributed by atoms with Gasteiger partial charge >= 0.3 is 5.97 Å². The van der Waals surface area contributed by atoms with Gasteiger partial charge in [0, 0.05) is 18.0 Å². The molecule has 0 aliphatic rings. The van der Waals surface area contributed by atoms with E-state index in [0.29, 0.717) is 27.3 Å². The number of nitrogens with zero attached hydrogens (tertiary/aromatic N) is 3. The molecule has 0 spiro atoms. The molecule has 1 aromatic carbocycles. The molecule has 1 N–H and O–H groups in total. The predicted molar refractivity (Wildman–Crippen MR) is 126 cm³/mol. The molecule has 0 aliphatic heterocycles. The van der Waals surface area contributed by atoms with E-state index in [2.05, 4.69) is 15.5 Å². The van der Waals surface area contributed by atoms with Gasteiger partial charge in [-0.15, -0.1) is 21.5 Å². The Morgan fingerprint density at radius 2 is 2.06 bits per heavy atom. The van der Waals surface area contributed by atoms with Gasteiger partial charge in [0.2, 0.25) is 5.91 Å². The number of hydrogen-bond acceptors (Lipinski definition) is 8. The van der Waals surface area contributed by atoms with Gasteiger partial charge in [0.25, 0.3) is 0 Å². The number of ether oxygens (including phenoxy) is 2. The lowest BCUT2D eigenvalue weighted by Gasteiger charge is -2.08. The first-order valence-corrected chi connectivity index (χ1v) is 12.0. The minimum atomic E-state index is -0.526. The minimum absolute atomic E-state index is 0.0324. The van der Waals surface area contributed by atoms with Gasteiger partial charge in [-0.3, -0.25) is 4.79 Å². The number of thiophene rings is 1. The van der Waals surface area contributed by atoms with Crippen LogP contribution in [0.2, 0.25) is 5.02 Å². The number of aromatic nitrogens is 3. The van der Waals surface area contributed by atoms with Crippen molar-refractivity contribution in [1.82, 2.24) is 14.8 Å². The summed E-state index contributed by atoms with van der Waals surface area (Å²) in [5, 5.41) is 11.9. The Morgan fingerprint density at radius 3 is 2.76 bits per heavy atom. The normalized spacial score (nSPS) is 10.8. The molecule has 0 aliphatic carbocycles. The van der Waals surface area contributed by atoms with E-state index in [1.807, 2.05) is 13.8 Å². The highest BCUT2D eigenvalue weighted by Crippen LogP contribution is 2.33. The summed E-state index contributed by atoms with van der Waals surface area (Å²) < 4.78 is 25.7. The van der Waals surface area contributed by atoms with E-state index >= 15 is 0 Å². The Hall–Kier alpha value is -2.63. The average molecular weight is 513 g/mol. The molecule has 1 amide bonds. The van der Waals surface area contributed by atoms with Crippen LogP contribution in [-0.2, 0) is 23.2 Å². The molecule has 2 heterocycles. The van der Waals surface area contributed by atoms with Crippen LogP contribution in [0.15, 0.2) is 23.4 Å². The number of carbonyl (C=O) groups excluding carboxylic acids is 2. The third-order valence-electron chi connectivity index (χ3n) is 4.63. The average Bonchev–Trinajstić information content (AvgIpc) is 3.26. The van der Waals surface area contributed by atoms with E-state index in [4.69, 9.17) is 21.1 Å². The van der Waals surface area contributed by atoms with Crippen molar-refractivity contribution in [2.75, 3.05) is 17.7 Å². The summed E-state index contributed by atoms with van der Waals surface area (Å²) in [5.41, 5.74) is 1.18. The van der Waals surface area contributed by atoms with Crippen molar-refractivity contribution in [3.05, 3.63) is 50.9 Å². The lowest BCUT2D eigenvalue weighted by atomic mass is 10.1. The second-order valence-electron chi connectivity index (χ2n) is 6.87. The van der Waals surface area contributed by atoms with Crippen LogP contribution < -0.4 is 10.1 Å². The number of nitrogens with one attached hydrogen (secondary N) is 1. The minimum Gasteiger partial charge on any atom is -0.486 e. The highest BCUT2D eigenvalue weighted by Gasteiger charge is 2.22. The van der Waals surface area contributed by atoms with Gasteiger partial charge in [0.1, 0.15) is 23.2 Å². The fraction of sp³-hybridized carbons (Fsp3) is 0.333. The standard InChI is InChI=1S/C21H22ClFN4O4S2/c1-5-30-20(29)18-11(2)12(3)33-19(18)24-17(28)10-32-21-26-25-16(27(21)4)9-31-13-6-7-15(23)14(22)8-13/h6-8H,5,9-10H2,1-4H3,(H,24,28). The van der Waals surface area contributed by atoms with E-state index in [9.17, 15) is 14.0 Å². The smallest absolute Gasteiger partial charge is 0.341 e. The van der Waals surface area contributed by atoms with Gasteiger partial charge in [-0.25, -0.2) is 9.18 Å². The van der Waals surface area contributed by atoms with Crippen molar-refractivity contribution in [2.45, 2.75) is 32.5 Å². The quantitative estimate of drug-likeness (QED) is 0.326. The number of thioether (sulfide) groups is 1. The molecule has 0 atom stereocenters. The Balaban J connectivity index is 1.59. The zero-order valence-electron chi connectivity index (χ0n) is 18.4. The predicted octanol–water partition coefficient (Wildman–Crippen LogP) is 4.77. The number of benzene rings is 1. The van der Waals surface area contributed by atoms with Gasteiger partial charge < -0.3 is 19.4 Å². The highest BCUT2D eigenvalue weighted by atomic mass is 35.5. The Labute approximate surface area is 203 Å². The number of rotatable bonds is 9. The van der Waals surface area contributed by atoms with Crippen LogP contribution >= 0.6 is 34.7 Å². The van der Waals surface area contributed by atoms with Gasteiger partial charge in [0.15, 0.2) is 11.0 Å². The molecule has 3 rings (SSSR count). The van der Waals surface area contributed by atoms with Crippen LogP contribution in [0.5, 0.6) is 5.75 Å². The number of hydrogen-bond donors (Lipinski definition) is 1. The van der Waals surface area contributed by atoms with Gasteiger partial charge in [-0.2, -0.15) is 0 Å². The monoisotopic (exact) mass is 512 g/mol. The topological polar surface area (TPSA) is 95.3 Å². The summed E-state index contributed by atoms with van der Waals surface area (Å²) >= 11 is 8.29. The molecule has 0 saturated carbocycles. The molecule has 3 aromatic rings. The Morgan fingerprint density at radius 1 is 1.30 bits per heavy atom. The van der Waals surface area contributed by atoms with Crippen molar-refractivity contribution < 1.29 is 23.5 Å². The second kappa shape index (κ2) is 11.0. The van der Waals surface area contributed by atoms with Crippen LogP contribution in [0.1, 0.15) is 33.5 Å². The number of esters is 1. The van der Waals surface area contributed by atoms with Crippen LogP contribution in [0.25, 0.3) is 0 Å². The third-order valence-corrected chi connectivity index (χ3v) is 7.07. The lowest BCUT2D eigenvalue weighted by Crippen LogP contribution is -2.16. The van der Waals surface area contributed by atoms with Gasteiger partial charge in [0.05, 0.1) is 22.9 Å². The summed E-state index contributed by atoms with van der Waals surface area (Å²) in [4.78, 5) is 25.7. The fourth-order valence-electron chi connectivity index (χ4n) is 2.77. The number of amides is 1. The lowest BCUT2D eigenvalue weighted by molar-refractivity contribution is -0.113. The molecule has 0 fully saturated rings. The molecule has 33 heavy (non-hydrogen) atoms. The third kappa shape index (κ3) is 6.04. The largest absolute Gasteiger partial charge is 0.486 e. The van der Waals surface area contributed by atoms with Crippen molar-refractivity contribution >= 4 is 51.6 Å². The summed E-state index contributed by atoms with van der Waals surface area (Å²) in [6, 6.07) is 4.07. The van der Waals surface area contributed by atoms with E-state index in [0.717, 1.165) is 10.4 Å². The number of aryl methyl sites for hydroxylation is 1. The molecular formula is C21H22ClFN4O4S2. The molecule has 2 aromatic heterocycles. The van der Waals surface area contributed by atoms with Crippen molar-refractivity contribution in [3.63, 3.8) is 0 Å². The maximum atomic E-state index is 13.3. The highest BCUT2D eigenvalue weighted by molar-refractivity contribution is 7.99. The first-order valence-electron chi connectivity index (χ1n) is 9.87. The second-order valence-corrected chi connectivity index (χ2v) is 9.44. The van der Waals surface area contributed by atoms with E-state index < -0.39 is 11.8 Å². The molecule has 0 saturated heterocycles. The van der Waals surface area contributed by atoms with Crippen LogP contribution in [0, 0.1) is 19.7 Å². The van der Waals surface area contributed by atoms with E-state index in [-0.39, 0.29) is 29.9 Å². The van der Waals surface area contributed by atoms with Gasteiger partial charge in [-0.1, -0.05) is 23.4 Å². The fourth-order valence-corrected chi connectivity index (χ4v) is 4.73. The molecule has 0 bridgehead atoms. The van der Waals surface area contributed by atoms with E-state index in [1.165, 1.54) is 41.3 Å². The van der Waals surface area contributed by atoms with Crippen LogP contribution in [0.3, 0.4) is 0 Å². The molecular weight excluding hydrogens is 491 g/mol. The van der Waals surface area contributed by atoms with Crippen molar-refractivity contribution in [3.8, 4) is 5.75 Å². The number of anilines is 1. The van der Waals surface area contributed by atoms with Crippen molar-refractivity contribution in [2.24, 2.45) is 7.05 Å². The Kier molecular flexibility index (Phi) is 8.33. The number of carbonyl (C=O) groups is 2. The molecule has 0 radical (unpaired) electrons. The van der Waals surface area contributed by atoms with Crippen molar-refractivity contribution in [1.29, 1.82) is 0 Å². The summed E-state index contributed by atoms with van der Waals surface area (Å²) in [5.74, 6) is -0.277. The molecule has 176 valence electrons. The summed E-state index contributed by atoms with van der Waals surface area (Å²) in [6.07, 6.45) is 0. The maximum absolute atomic E-state index is 13.3. The molecule has 12 heteroatoms. The summed E-state index contributed by atoms with van der Waals surface area (Å²) in [6.45, 7) is 5.79.